The van der Waals surface area contributed by atoms with Crippen molar-refractivity contribution in [1.82, 2.24) is 14.9 Å². The molecule has 2 atom stereocenters. The standard InChI is InChI=1S/C18H29N3O3/c1-13(2)18-19-8-14-5-6-21(10-17(14)20-18)9-15(22)11-23-12-16-4-3-7-24-16/h8,13,15-16,22H,3-7,9-12H2,1-2H3/t15-,16-/m1/s1. The Morgan fingerprint density at radius 1 is 1.46 bits per heavy atom. The average molecular weight is 335 g/mol. The van der Waals surface area contributed by atoms with E-state index in [9.17, 15) is 5.11 Å². The van der Waals surface area contributed by atoms with Gasteiger partial charge in [-0.25, -0.2) is 9.97 Å². The van der Waals surface area contributed by atoms with Crippen LogP contribution < -0.4 is 0 Å². The summed E-state index contributed by atoms with van der Waals surface area (Å²) in [6, 6.07) is 0. The number of ether oxygens (including phenoxy) is 2. The maximum absolute atomic E-state index is 10.2. The summed E-state index contributed by atoms with van der Waals surface area (Å²) in [6.45, 7) is 8.33. The Morgan fingerprint density at radius 2 is 2.33 bits per heavy atom. The van der Waals surface area contributed by atoms with E-state index in [-0.39, 0.29) is 6.10 Å². The van der Waals surface area contributed by atoms with Crippen LogP contribution in [-0.2, 0) is 22.4 Å². The molecule has 1 saturated heterocycles. The third-order valence-corrected chi connectivity index (χ3v) is 4.67. The van der Waals surface area contributed by atoms with Crippen LogP contribution in [0.5, 0.6) is 0 Å². The molecule has 2 aliphatic heterocycles. The van der Waals surface area contributed by atoms with Gasteiger partial charge in [0.2, 0.25) is 0 Å². The van der Waals surface area contributed by atoms with Crippen LogP contribution in [0.1, 0.15) is 49.7 Å². The highest BCUT2D eigenvalue weighted by Gasteiger charge is 2.22. The predicted molar refractivity (Wildman–Crippen MR) is 90.9 cm³/mol. The number of hydrogen-bond acceptors (Lipinski definition) is 6. The Hall–Kier alpha value is -1.08. The molecular weight excluding hydrogens is 306 g/mol. The van der Waals surface area contributed by atoms with Crippen LogP contribution in [0.2, 0.25) is 0 Å². The molecule has 0 amide bonds. The van der Waals surface area contributed by atoms with E-state index >= 15 is 0 Å². The van der Waals surface area contributed by atoms with E-state index in [1.54, 1.807) is 0 Å². The molecule has 1 N–H and O–H groups in total. The van der Waals surface area contributed by atoms with Crippen LogP contribution in [0.3, 0.4) is 0 Å². The summed E-state index contributed by atoms with van der Waals surface area (Å²) in [7, 11) is 0. The number of aromatic nitrogens is 2. The first-order chi connectivity index (χ1) is 11.6. The van der Waals surface area contributed by atoms with Crippen molar-refractivity contribution in [3.05, 3.63) is 23.3 Å². The fraction of sp³-hybridized carbons (Fsp3) is 0.778. The molecule has 3 heterocycles. The molecule has 0 saturated carbocycles. The summed E-state index contributed by atoms with van der Waals surface area (Å²) in [5.74, 6) is 1.23. The third kappa shape index (κ3) is 4.72. The fourth-order valence-electron chi connectivity index (χ4n) is 3.27. The molecule has 0 unspecified atom stereocenters. The summed E-state index contributed by atoms with van der Waals surface area (Å²) in [4.78, 5) is 11.4. The number of fused-ring (bicyclic) bond motifs is 1. The zero-order valence-corrected chi connectivity index (χ0v) is 14.8. The molecule has 1 aromatic heterocycles. The lowest BCUT2D eigenvalue weighted by atomic mass is 10.1. The summed E-state index contributed by atoms with van der Waals surface area (Å²) < 4.78 is 11.1. The van der Waals surface area contributed by atoms with Crippen molar-refractivity contribution in [3.63, 3.8) is 0 Å². The average Bonchev–Trinajstić information content (AvgIpc) is 3.07. The Kier molecular flexibility index (Phi) is 6.16. The summed E-state index contributed by atoms with van der Waals surface area (Å²) >= 11 is 0. The molecule has 0 aliphatic carbocycles. The third-order valence-electron chi connectivity index (χ3n) is 4.67. The largest absolute Gasteiger partial charge is 0.389 e. The zero-order valence-electron chi connectivity index (χ0n) is 14.8. The summed E-state index contributed by atoms with van der Waals surface area (Å²) in [5, 5.41) is 10.2. The van der Waals surface area contributed by atoms with Gasteiger partial charge < -0.3 is 14.6 Å². The SMILES string of the molecule is CC(C)c1ncc2c(n1)CN(C[C@@H](O)COC[C@H]1CCCO1)CC2. The number of hydrogen-bond donors (Lipinski definition) is 1. The number of aliphatic hydroxyl groups excluding tert-OH is 1. The molecule has 0 bridgehead atoms. The second-order valence-electron chi connectivity index (χ2n) is 7.17. The van der Waals surface area contributed by atoms with Crippen molar-refractivity contribution in [2.75, 3.05) is 32.9 Å². The smallest absolute Gasteiger partial charge is 0.131 e. The van der Waals surface area contributed by atoms with Crippen molar-refractivity contribution in [2.24, 2.45) is 0 Å². The molecule has 134 valence electrons. The van der Waals surface area contributed by atoms with E-state index in [0.29, 0.717) is 25.7 Å². The van der Waals surface area contributed by atoms with Crippen molar-refractivity contribution in [2.45, 2.75) is 57.8 Å². The number of aliphatic hydroxyl groups is 1. The van der Waals surface area contributed by atoms with Gasteiger partial charge in [0.15, 0.2) is 0 Å². The molecule has 6 heteroatoms. The van der Waals surface area contributed by atoms with Crippen LogP contribution in [-0.4, -0.2) is 65.1 Å². The van der Waals surface area contributed by atoms with E-state index < -0.39 is 6.10 Å². The number of β-amino-alcohol motifs (C(OH)–C–C–N with tert-alkyl or cyclic N) is 1. The minimum atomic E-state index is -0.473. The Balaban J connectivity index is 1.45. The minimum absolute atomic E-state index is 0.213. The maximum Gasteiger partial charge on any atom is 0.131 e. The Labute approximate surface area is 144 Å². The fourth-order valence-corrected chi connectivity index (χ4v) is 3.27. The monoisotopic (exact) mass is 335 g/mol. The summed E-state index contributed by atoms with van der Waals surface area (Å²) in [5.41, 5.74) is 2.34. The van der Waals surface area contributed by atoms with Gasteiger partial charge in [-0.15, -0.1) is 0 Å². The van der Waals surface area contributed by atoms with Crippen LogP contribution >= 0.6 is 0 Å². The quantitative estimate of drug-likeness (QED) is 0.815. The van der Waals surface area contributed by atoms with Gasteiger partial charge in [0, 0.05) is 38.4 Å². The molecule has 0 aromatic carbocycles. The molecule has 0 radical (unpaired) electrons. The lowest BCUT2D eigenvalue weighted by molar-refractivity contribution is -0.0262. The first kappa shape index (κ1) is 17.7. The van der Waals surface area contributed by atoms with E-state index in [2.05, 4.69) is 23.7 Å². The molecular formula is C18H29N3O3. The molecule has 1 fully saturated rings. The van der Waals surface area contributed by atoms with Crippen molar-refractivity contribution in [1.29, 1.82) is 0 Å². The van der Waals surface area contributed by atoms with Crippen LogP contribution in [0.4, 0.5) is 0 Å². The lowest BCUT2D eigenvalue weighted by Gasteiger charge is -2.29. The van der Waals surface area contributed by atoms with Crippen LogP contribution in [0.25, 0.3) is 0 Å². The highest BCUT2D eigenvalue weighted by Crippen LogP contribution is 2.19. The van der Waals surface area contributed by atoms with Gasteiger partial charge in [0.05, 0.1) is 31.1 Å². The lowest BCUT2D eigenvalue weighted by Crippen LogP contribution is -2.39. The van der Waals surface area contributed by atoms with Gasteiger partial charge in [0.25, 0.3) is 0 Å². The van der Waals surface area contributed by atoms with Gasteiger partial charge >= 0.3 is 0 Å². The number of rotatable bonds is 7. The van der Waals surface area contributed by atoms with Gasteiger partial charge in [-0.2, -0.15) is 0 Å². The van der Waals surface area contributed by atoms with E-state index in [1.807, 2.05) is 6.20 Å². The highest BCUT2D eigenvalue weighted by atomic mass is 16.5. The minimum Gasteiger partial charge on any atom is -0.389 e. The predicted octanol–water partition coefficient (Wildman–Crippen LogP) is 1.51. The summed E-state index contributed by atoms with van der Waals surface area (Å²) in [6.07, 6.45) is 4.83. The van der Waals surface area contributed by atoms with Crippen molar-refractivity contribution >= 4 is 0 Å². The van der Waals surface area contributed by atoms with E-state index in [1.165, 1.54) is 5.56 Å². The molecule has 1 aromatic rings. The normalized spacial score (nSPS) is 22.8. The molecule has 0 spiro atoms. The zero-order chi connectivity index (χ0) is 16.9. The first-order valence-electron chi connectivity index (χ1n) is 9.06. The van der Waals surface area contributed by atoms with Crippen molar-refractivity contribution in [3.8, 4) is 0 Å². The van der Waals surface area contributed by atoms with Crippen molar-refractivity contribution < 1.29 is 14.6 Å². The molecule has 2 aliphatic rings. The van der Waals surface area contributed by atoms with Gasteiger partial charge in [-0.05, 0) is 24.8 Å². The van der Waals surface area contributed by atoms with Crippen LogP contribution in [0, 0.1) is 0 Å². The Bertz CT molecular complexity index is 532. The number of nitrogens with zero attached hydrogens (tertiary/aromatic N) is 3. The Morgan fingerprint density at radius 3 is 3.08 bits per heavy atom. The maximum atomic E-state index is 10.2. The molecule has 6 nitrogen and oxygen atoms in total. The topological polar surface area (TPSA) is 67.7 Å². The van der Waals surface area contributed by atoms with Gasteiger partial charge in [-0.3, -0.25) is 4.90 Å². The first-order valence-corrected chi connectivity index (χ1v) is 9.06. The molecule has 3 rings (SSSR count). The van der Waals surface area contributed by atoms with E-state index in [4.69, 9.17) is 14.5 Å². The molecule has 24 heavy (non-hydrogen) atoms. The van der Waals surface area contributed by atoms with Gasteiger partial charge in [0.1, 0.15) is 5.82 Å². The van der Waals surface area contributed by atoms with E-state index in [0.717, 1.165) is 50.5 Å². The van der Waals surface area contributed by atoms with Crippen LogP contribution in [0.15, 0.2) is 6.20 Å². The van der Waals surface area contributed by atoms with Gasteiger partial charge in [-0.1, -0.05) is 13.8 Å². The second-order valence-corrected chi connectivity index (χ2v) is 7.17. The highest BCUT2D eigenvalue weighted by molar-refractivity contribution is 5.21. The second kappa shape index (κ2) is 8.34.